The number of benzene rings is 1. The maximum Gasteiger partial charge on any atom is 0.255 e. The van der Waals surface area contributed by atoms with E-state index in [4.69, 9.17) is 0 Å². The van der Waals surface area contributed by atoms with Crippen LogP contribution in [0, 0.1) is 5.92 Å². The molecule has 0 unspecified atom stereocenters. The normalized spacial score (nSPS) is 23.7. The van der Waals surface area contributed by atoms with Crippen molar-refractivity contribution in [3.8, 4) is 5.75 Å². The summed E-state index contributed by atoms with van der Waals surface area (Å²) in [7, 11) is 0. The van der Waals surface area contributed by atoms with Gasteiger partial charge in [0.05, 0.1) is 5.56 Å². The molecule has 0 saturated heterocycles. The van der Waals surface area contributed by atoms with Gasteiger partial charge in [-0.2, -0.15) is 0 Å². The molecule has 1 aliphatic rings. The lowest BCUT2D eigenvalue weighted by atomic mass is 9.87. The number of carbonyl (C=O) groups excluding carboxylic acids is 1. The van der Waals surface area contributed by atoms with Crippen molar-refractivity contribution in [2.75, 3.05) is 0 Å². The van der Waals surface area contributed by atoms with Gasteiger partial charge in [-0.3, -0.25) is 4.79 Å². The Kier molecular flexibility index (Phi) is 4.27. The molecule has 0 radical (unpaired) electrons. The number of carbonyl (C=O) groups is 1. The quantitative estimate of drug-likeness (QED) is 0.878. The zero-order chi connectivity index (χ0) is 13.1. The van der Waals surface area contributed by atoms with Crippen molar-refractivity contribution >= 4 is 21.8 Å². The second kappa shape index (κ2) is 5.74. The van der Waals surface area contributed by atoms with Crippen LogP contribution < -0.4 is 5.32 Å². The van der Waals surface area contributed by atoms with Crippen LogP contribution >= 0.6 is 15.9 Å². The Morgan fingerprint density at radius 1 is 1.33 bits per heavy atom. The van der Waals surface area contributed by atoms with E-state index in [0.717, 1.165) is 36.1 Å². The van der Waals surface area contributed by atoms with Gasteiger partial charge in [-0.05, 0) is 49.8 Å². The van der Waals surface area contributed by atoms with E-state index in [1.807, 2.05) is 0 Å². The van der Waals surface area contributed by atoms with E-state index >= 15 is 0 Å². The molecule has 0 spiro atoms. The summed E-state index contributed by atoms with van der Waals surface area (Å²) < 4.78 is 0.767. The van der Waals surface area contributed by atoms with Gasteiger partial charge in [0.25, 0.3) is 5.91 Å². The van der Waals surface area contributed by atoms with Crippen molar-refractivity contribution in [2.24, 2.45) is 5.92 Å². The Balaban J connectivity index is 1.99. The van der Waals surface area contributed by atoms with Crippen LogP contribution in [0.15, 0.2) is 22.7 Å². The number of phenols is 1. The largest absolute Gasteiger partial charge is 0.507 e. The molecule has 0 atom stereocenters. The molecule has 1 aliphatic carbocycles. The van der Waals surface area contributed by atoms with Gasteiger partial charge in [0.2, 0.25) is 0 Å². The molecule has 0 aromatic heterocycles. The Morgan fingerprint density at radius 3 is 2.61 bits per heavy atom. The minimum atomic E-state index is -0.181. The third kappa shape index (κ3) is 3.25. The maximum atomic E-state index is 12.0. The highest BCUT2D eigenvalue weighted by molar-refractivity contribution is 9.10. The predicted octanol–water partition coefficient (Wildman–Crippen LogP) is 3.46. The molecule has 0 aliphatic heterocycles. The molecule has 98 valence electrons. The third-order valence-electron chi connectivity index (χ3n) is 3.56. The second-order valence-electron chi connectivity index (χ2n) is 5.09. The molecule has 18 heavy (non-hydrogen) atoms. The van der Waals surface area contributed by atoms with E-state index in [-0.39, 0.29) is 17.7 Å². The number of phenolic OH excluding ortho intramolecular Hbond substituents is 1. The molecule has 1 aromatic carbocycles. The van der Waals surface area contributed by atoms with Gasteiger partial charge in [0.1, 0.15) is 5.75 Å². The molecule has 4 heteroatoms. The lowest BCUT2D eigenvalue weighted by Gasteiger charge is -2.27. The fraction of sp³-hybridized carbons (Fsp3) is 0.500. The fourth-order valence-electron chi connectivity index (χ4n) is 2.36. The summed E-state index contributed by atoms with van der Waals surface area (Å²) in [6, 6.07) is 5.19. The molecule has 0 heterocycles. The summed E-state index contributed by atoms with van der Waals surface area (Å²) in [5.41, 5.74) is 0.344. The Morgan fingerprint density at radius 2 is 2.00 bits per heavy atom. The van der Waals surface area contributed by atoms with Crippen LogP contribution in [0.2, 0.25) is 0 Å². The summed E-state index contributed by atoms with van der Waals surface area (Å²) in [5.74, 6) is 0.602. The van der Waals surface area contributed by atoms with Crippen LogP contribution in [-0.2, 0) is 0 Å². The van der Waals surface area contributed by atoms with Crippen molar-refractivity contribution in [3.63, 3.8) is 0 Å². The Bertz CT molecular complexity index is 439. The smallest absolute Gasteiger partial charge is 0.255 e. The van der Waals surface area contributed by atoms with Crippen molar-refractivity contribution in [3.05, 3.63) is 28.2 Å². The second-order valence-corrected chi connectivity index (χ2v) is 6.01. The van der Waals surface area contributed by atoms with Crippen LogP contribution in [0.1, 0.15) is 43.0 Å². The standard InChI is InChI=1S/C14H18BrNO2/c1-9-2-5-11(6-3-9)16-14(18)12-7-4-10(15)8-13(12)17/h4,7-9,11,17H,2-3,5-6H2,1H3,(H,16,18). The number of nitrogens with one attached hydrogen (secondary N) is 1. The van der Waals surface area contributed by atoms with Gasteiger partial charge < -0.3 is 10.4 Å². The molecular formula is C14H18BrNO2. The number of aromatic hydroxyl groups is 1. The maximum absolute atomic E-state index is 12.0. The summed E-state index contributed by atoms with van der Waals surface area (Å²) >= 11 is 3.26. The van der Waals surface area contributed by atoms with Crippen molar-refractivity contribution < 1.29 is 9.90 Å². The topological polar surface area (TPSA) is 49.3 Å². The molecule has 1 saturated carbocycles. The number of amides is 1. The number of hydrogen-bond acceptors (Lipinski definition) is 2. The first kappa shape index (κ1) is 13.4. The van der Waals surface area contributed by atoms with E-state index in [2.05, 4.69) is 28.2 Å². The van der Waals surface area contributed by atoms with Crippen LogP contribution in [0.25, 0.3) is 0 Å². The van der Waals surface area contributed by atoms with Crippen LogP contribution in [0.4, 0.5) is 0 Å². The summed E-state index contributed by atoms with van der Waals surface area (Å²) in [6.07, 6.45) is 4.39. The molecule has 3 nitrogen and oxygen atoms in total. The van der Waals surface area contributed by atoms with Gasteiger partial charge in [-0.1, -0.05) is 22.9 Å². The first-order valence-electron chi connectivity index (χ1n) is 6.35. The van der Waals surface area contributed by atoms with E-state index in [1.165, 1.54) is 6.07 Å². The first-order chi connectivity index (χ1) is 8.56. The van der Waals surface area contributed by atoms with Gasteiger partial charge in [0.15, 0.2) is 0 Å². The molecule has 1 amide bonds. The molecule has 1 fully saturated rings. The van der Waals surface area contributed by atoms with Gasteiger partial charge in [0, 0.05) is 10.5 Å². The lowest BCUT2D eigenvalue weighted by Crippen LogP contribution is -2.37. The molecule has 1 aromatic rings. The zero-order valence-corrected chi connectivity index (χ0v) is 12.0. The molecule has 2 rings (SSSR count). The lowest BCUT2D eigenvalue weighted by molar-refractivity contribution is 0.0920. The summed E-state index contributed by atoms with van der Waals surface area (Å²) in [4.78, 5) is 12.0. The van der Waals surface area contributed by atoms with E-state index in [9.17, 15) is 9.90 Å². The SMILES string of the molecule is CC1CCC(NC(=O)c2ccc(Br)cc2O)CC1. The van der Waals surface area contributed by atoms with Crippen LogP contribution in [0.3, 0.4) is 0 Å². The third-order valence-corrected chi connectivity index (χ3v) is 4.05. The average Bonchev–Trinajstić information content (AvgIpc) is 2.32. The predicted molar refractivity (Wildman–Crippen MR) is 74.7 cm³/mol. The molecular weight excluding hydrogens is 294 g/mol. The van der Waals surface area contributed by atoms with Crippen molar-refractivity contribution in [2.45, 2.75) is 38.6 Å². The van der Waals surface area contributed by atoms with E-state index in [0.29, 0.717) is 5.56 Å². The summed E-state index contributed by atoms with van der Waals surface area (Å²) in [5, 5.41) is 12.7. The molecule has 0 bridgehead atoms. The fourth-order valence-corrected chi connectivity index (χ4v) is 2.71. The minimum Gasteiger partial charge on any atom is -0.507 e. The number of hydrogen-bond donors (Lipinski definition) is 2. The van der Waals surface area contributed by atoms with Gasteiger partial charge in [-0.25, -0.2) is 0 Å². The highest BCUT2D eigenvalue weighted by Crippen LogP contribution is 2.25. The first-order valence-corrected chi connectivity index (χ1v) is 7.15. The van der Waals surface area contributed by atoms with E-state index < -0.39 is 0 Å². The highest BCUT2D eigenvalue weighted by atomic mass is 79.9. The van der Waals surface area contributed by atoms with Crippen LogP contribution in [-0.4, -0.2) is 17.1 Å². The monoisotopic (exact) mass is 311 g/mol. The Hall–Kier alpha value is -1.03. The van der Waals surface area contributed by atoms with Gasteiger partial charge >= 0.3 is 0 Å². The number of halogens is 1. The van der Waals surface area contributed by atoms with Crippen LogP contribution in [0.5, 0.6) is 5.75 Å². The van der Waals surface area contributed by atoms with Crippen molar-refractivity contribution in [1.82, 2.24) is 5.32 Å². The number of rotatable bonds is 2. The van der Waals surface area contributed by atoms with Gasteiger partial charge in [-0.15, -0.1) is 0 Å². The van der Waals surface area contributed by atoms with Crippen molar-refractivity contribution in [1.29, 1.82) is 0 Å². The minimum absolute atomic E-state index is 0.0195. The van der Waals surface area contributed by atoms with E-state index in [1.54, 1.807) is 12.1 Å². The zero-order valence-electron chi connectivity index (χ0n) is 10.4. The summed E-state index contributed by atoms with van der Waals surface area (Å²) in [6.45, 7) is 2.25. The molecule has 2 N–H and O–H groups in total. The average molecular weight is 312 g/mol. The Labute approximate surface area is 116 Å². The highest BCUT2D eigenvalue weighted by Gasteiger charge is 2.21.